The van der Waals surface area contributed by atoms with Gasteiger partial charge in [-0.25, -0.2) is 5.48 Å². The molecule has 0 saturated carbocycles. The second kappa shape index (κ2) is 8.99. The Morgan fingerprint density at radius 2 is 1.96 bits per heavy atom. The van der Waals surface area contributed by atoms with E-state index in [-0.39, 0.29) is 11.1 Å². The summed E-state index contributed by atoms with van der Waals surface area (Å²) in [6.07, 6.45) is -1.19. The predicted molar refractivity (Wildman–Crippen MR) is 93.6 cm³/mol. The number of hydroxylamine groups is 1. The van der Waals surface area contributed by atoms with Crippen LogP contribution >= 0.6 is 0 Å². The van der Waals surface area contributed by atoms with Crippen LogP contribution in [0.4, 0.5) is 0 Å². The molecule has 8 N–H and O–H groups in total. The fourth-order valence-corrected chi connectivity index (χ4v) is 2.32. The van der Waals surface area contributed by atoms with E-state index in [1.165, 1.54) is 18.2 Å². The van der Waals surface area contributed by atoms with Gasteiger partial charge in [0.2, 0.25) is 5.91 Å². The zero-order valence-electron chi connectivity index (χ0n) is 14.4. The van der Waals surface area contributed by atoms with Crippen LogP contribution in [0.15, 0.2) is 18.2 Å². The second-order valence-corrected chi connectivity index (χ2v) is 6.11. The first-order chi connectivity index (χ1) is 12.1. The summed E-state index contributed by atoms with van der Waals surface area (Å²) in [5, 5.41) is 26.8. The highest BCUT2D eigenvalue weighted by Gasteiger charge is 2.35. The maximum atomic E-state index is 12.1. The number of nitrogens with one attached hydrogen (secondary N) is 1. The van der Waals surface area contributed by atoms with E-state index in [4.69, 9.17) is 26.9 Å². The van der Waals surface area contributed by atoms with Gasteiger partial charge in [-0.2, -0.15) is 0 Å². The van der Waals surface area contributed by atoms with Crippen molar-refractivity contribution in [2.24, 2.45) is 11.5 Å². The van der Waals surface area contributed by atoms with Gasteiger partial charge in [0.05, 0.1) is 12.5 Å². The summed E-state index contributed by atoms with van der Waals surface area (Å²) in [5.74, 6) is 7.24. The van der Waals surface area contributed by atoms with E-state index in [0.29, 0.717) is 5.56 Å². The van der Waals surface area contributed by atoms with Crippen LogP contribution in [0.1, 0.15) is 41.3 Å². The van der Waals surface area contributed by atoms with Crippen molar-refractivity contribution < 1.29 is 25.0 Å². The second-order valence-electron chi connectivity index (χ2n) is 6.11. The lowest BCUT2D eigenvalue weighted by Gasteiger charge is -2.30. The smallest absolute Gasteiger partial charge is 0.252 e. The molecule has 0 radical (unpaired) electrons. The first-order valence-electron chi connectivity index (χ1n) is 7.58. The molecule has 8 heteroatoms. The molecule has 0 aliphatic carbocycles. The van der Waals surface area contributed by atoms with Crippen molar-refractivity contribution >= 4 is 11.8 Å². The molecule has 0 aliphatic heterocycles. The topological polar surface area (TPSA) is 159 Å². The highest BCUT2D eigenvalue weighted by atomic mass is 16.5. The largest absolute Gasteiger partial charge is 0.393 e. The molecule has 0 aromatic heterocycles. The number of aliphatic hydroxyl groups excluding tert-OH is 2. The minimum atomic E-state index is -1.19. The Bertz CT molecular complexity index is 806. The van der Waals surface area contributed by atoms with E-state index in [2.05, 4.69) is 23.7 Å². The summed E-state index contributed by atoms with van der Waals surface area (Å²) in [5.41, 5.74) is 12.5. The zero-order chi connectivity index (χ0) is 19.9. The number of amides is 2. The van der Waals surface area contributed by atoms with Gasteiger partial charge in [0.1, 0.15) is 6.10 Å². The van der Waals surface area contributed by atoms with Crippen molar-refractivity contribution in [3.05, 3.63) is 34.9 Å². The Hall–Kier alpha value is -2.88. The lowest BCUT2D eigenvalue weighted by molar-refractivity contribution is -0.132. The average molecular weight is 359 g/mol. The van der Waals surface area contributed by atoms with Gasteiger partial charge in [0.15, 0.2) is 0 Å². The van der Waals surface area contributed by atoms with E-state index < -0.39 is 36.0 Å². The molecule has 1 aromatic carbocycles. The third kappa shape index (κ3) is 5.59. The van der Waals surface area contributed by atoms with Gasteiger partial charge in [-0.05, 0) is 49.5 Å². The molecule has 138 valence electrons. The Morgan fingerprint density at radius 3 is 2.46 bits per heavy atom. The van der Waals surface area contributed by atoms with E-state index in [9.17, 15) is 9.59 Å². The maximum Gasteiger partial charge on any atom is 0.252 e. The molecule has 0 bridgehead atoms. The summed E-state index contributed by atoms with van der Waals surface area (Å²) < 4.78 is 0. The Balaban J connectivity index is 3.44. The fraction of sp³-hybridized carbons (Fsp3) is 0.333. The highest BCUT2D eigenvalue weighted by molar-refractivity contribution is 5.97. The number of nitrogens with two attached hydrogens (primary N) is 2. The van der Waals surface area contributed by atoms with Crippen LogP contribution in [-0.2, 0) is 4.79 Å². The van der Waals surface area contributed by atoms with Crippen molar-refractivity contribution in [2.75, 3.05) is 6.61 Å². The van der Waals surface area contributed by atoms with Crippen LogP contribution in [0, 0.1) is 23.7 Å². The number of aliphatic hydroxyl groups is 2. The van der Waals surface area contributed by atoms with E-state index in [0.717, 1.165) is 0 Å². The molecule has 8 nitrogen and oxygen atoms in total. The normalized spacial score (nSPS) is 12.7. The summed E-state index contributed by atoms with van der Waals surface area (Å²) in [7, 11) is 0. The minimum absolute atomic E-state index is 0.0736. The van der Waals surface area contributed by atoms with Crippen LogP contribution < -0.4 is 16.9 Å². The van der Waals surface area contributed by atoms with Gasteiger partial charge in [-0.1, -0.05) is 11.8 Å². The third-order valence-corrected chi connectivity index (χ3v) is 3.43. The number of rotatable bonds is 5. The molecule has 1 unspecified atom stereocenters. The Morgan fingerprint density at radius 1 is 1.31 bits per heavy atom. The van der Waals surface area contributed by atoms with Crippen LogP contribution in [0.3, 0.4) is 0 Å². The molecule has 0 aliphatic rings. The molecule has 0 saturated heterocycles. The zero-order valence-corrected chi connectivity index (χ0v) is 14.4. The van der Waals surface area contributed by atoms with Crippen LogP contribution in [0.2, 0.25) is 0 Å². The summed E-state index contributed by atoms with van der Waals surface area (Å²) in [6.45, 7) is 2.63. The Kier molecular flexibility index (Phi) is 7.32. The number of hydrogen-bond acceptors (Lipinski definition) is 6. The molecule has 1 aromatic rings. The number of carbonyl (C=O) groups is 2. The van der Waals surface area contributed by atoms with Crippen LogP contribution in [0.5, 0.6) is 0 Å². The summed E-state index contributed by atoms with van der Waals surface area (Å²) in [6, 6.07) is 4.38. The maximum absolute atomic E-state index is 12.1. The average Bonchev–Trinajstić information content (AvgIpc) is 2.57. The molecule has 2 amide bonds. The summed E-state index contributed by atoms with van der Waals surface area (Å²) in [4.78, 5) is 23.8. The van der Waals surface area contributed by atoms with Gasteiger partial charge >= 0.3 is 0 Å². The van der Waals surface area contributed by atoms with Crippen molar-refractivity contribution in [2.45, 2.75) is 31.4 Å². The first kappa shape index (κ1) is 21.2. The first-order valence-corrected chi connectivity index (χ1v) is 7.58. The van der Waals surface area contributed by atoms with Crippen LogP contribution in [-0.4, -0.2) is 45.5 Å². The number of primary amides is 1. The predicted octanol–water partition coefficient (Wildman–Crippen LogP) is -1.18. The standard InChI is InChI=1S/C18H21N3O5/c1-18(2,20)15(17(25)21-26)14-9-11(7-8-13(14)16(19)24)5-3-4-6-12(23)10-22/h7-9,12,15,22-23,26H,10,20H2,1-2H3,(H2,19,24)(H,21,25)/t12?,15-/m1/s1. The third-order valence-electron chi connectivity index (χ3n) is 3.43. The molecular formula is C18H21N3O5. The number of hydrogen-bond donors (Lipinski definition) is 6. The van der Waals surface area contributed by atoms with Crippen molar-refractivity contribution in [1.82, 2.24) is 5.48 Å². The number of carbonyl (C=O) groups excluding carboxylic acids is 2. The van der Waals surface area contributed by atoms with Crippen molar-refractivity contribution in [3.63, 3.8) is 0 Å². The van der Waals surface area contributed by atoms with Gasteiger partial charge in [-0.15, -0.1) is 0 Å². The molecular weight excluding hydrogens is 338 g/mol. The van der Waals surface area contributed by atoms with Crippen molar-refractivity contribution in [3.8, 4) is 23.7 Å². The fourth-order valence-electron chi connectivity index (χ4n) is 2.32. The minimum Gasteiger partial charge on any atom is -0.393 e. The molecule has 0 spiro atoms. The highest BCUT2D eigenvalue weighted by Crippen LogP contribution is 2.30. The van der Waals surface area contributed by atoms with Crippen molar-refractivity contribution in [1.29, 1.82) is 0 Å². The van der Waals surface area contributed by atoms with Gasteiger partial charge < -0.3 is 21.7 Å². The van der Waals surface area contributed by atoms with Gasteiger partial charge in [0.25, 0.3) is 5.91 Å². The van der Waals surface area contributed by atoms with Crippen LogP contribution in [0.25, 0.3) is 0 Å². The number of benzene rings is 1. The van der Waals surface area contributed by atoms with Gasteiger partial charge in [-0.3, -0.25) is 14.8 Å². The quantitative estimate of drug-likeness (QED) is 0.220. The Labute approximate surface area is 151 Å². The molecule has 0 heterocycles. The molecule has 0 fully saturated rings. The van der Waals surface area contributed by atoms with E-state index in [1.54, 1.807) is 19.3 Å². The SMILES string of the molecule is CC(C)(N)[C@@H](C(=O)NO)c1cc(C#CC#CC(O)CO)ccc1C(N)=O. The molecule has 2 atom stereocenters. The molecule has 1 rings (SSSR count). The monoisotopic (exact) mass is 359 g/mol. The molecule has 26 heavy (non-hydrogen) atoms. The van der Waals surface area contributed by atoms with Gasteiger partial charge in [0, 0.05) is 16.7 Å². The van der Waals surface area contributed by atoms with E-state index in [1.807, 2.05) is 0 Å². The lowest BCUT2D eigenvalue weighted by Crippen LogP contribution is -2.47. The lowest BCUT2D eigenvalue weighted by atomic mass is 9.79. The summed E-state index contributed by atoms with van der Waals surface area (Å²) >= 11 is 0. The van der Waals surface area contributed by atoms with E-state index >= 15 is 0 Å².